The molecular weight excluding hydrogens is 206 g/mol. The summed E-state index contributed by atoms with van der Waals surface area (Å²) in [5.41, 5.74) is -0.917. The summed E-state index contributed by atoms with van der Waals surface area (Å²) >= 11 is 0. The summed E-state index contributed by atoms with van der Waals surface area (Å²) in [5, 5.41) is 10.1. The molecule has 1 heterocycles. The van der Waals surface area contributed by atoms with Crippen molar-refractivity contribution < 1.29 is 27.5 Å². The molecule has 1 unspecified atom stereocenters. The van der Waals surface area contributed by atoms with Crippen molar-refractivity contribution in [3.8, 4) is 0 Å². The predicted octanol–water partition coefficient (Wildman–Crippen LogP) is 1.34. The Hall–Kier alpha value is -0.850. The van der Waals surface area contributed by atoms with Crippen molar-refractivity contribution in [1.29, 1.82) is 0 Å². The van der Waals surface area contributed by atoms with Crippen LogP contribution in [0.4, 0.5) is 17.6 Å². The molecular formula is C7H11F4NO2. The molecule has 7 heteroatoms. The van der Waals surface area contributed by atoms with Crippen molar-refractivity contribution >= 4 is 5.97 Å². The number of carbonyl (C=O) groups is 1. The summed E-state index contributed by atoms with van der Waals surface area (Å²) < 4.78 is 44.3. The second-order valence-electron chi connectivity index (χ2n) is 3.14. The normalized spacial score (nSPS) is 26.6. The monoisotopic (exact) mass is 217 g/mol. The average Bonchev–Trinajstić information content (AvgIpc) is 2.33. The van der Waals surface area contributed by atoms with Gasteiger partial charge >= 0.3 is 12.1 Å². The summed E-state index contributed by atoms with van der Waals surface area (Å²) in [6.45, 7) is 3.01. The quantitative estimate of drug-likeness (QED) is 0.602. The van der Waals surface area contributed by atoms with Gasteiger partial charge in [0.05, 0.1) is 0 Å². The topological polar surface area (TPSA) is 49.3 Å². The number of hydrogen-bond acceptors (Lipinski definition) is 2. The van der Waals surface area contributed by atoms with Gasteiger partial charge < -0.3 is 10.4 Å². The fraction of sp³-hybridized carbons (Fsp3) is 0.857. The third kappa shape index (κ3) is 5.74. The van der Waals surface area contributed by atoms with E-state index in [-0.39, 0.29) is 0 Å². The lowest BCUT2D eigenvalue weighted by Gasteiger charge is -2.07. The molecule has 84 valence electrons. The maximum absolute atomic E-state index is 12.5. The van der Waals surface area contributed by atoms with E-state index in [1.807, 2.05) is 0 Å². The minimum atomic E-state index is -5.08. The van der Waals surface area contributed by atoms with Gasteiger partial charge in [-0.15, -0.1) is 0 Å². The van der Waals surface area contributed by atoms with E-state index in [1.54, 1.807) is 6.92 Å². The van der Waals surface area contributed by atoms with E-state index >= 15 is 0 Å². The number of carboxylic acid groups (broad SMARTS) is 1. The molecule has 1 fully saturated rings. The Labute approximate surface area is 78.1 Å². The van der Waals surface area contributed by atoms with Gasteiger partial charge in [-0.25, -0.2) is 9.18 Å². The highest BCUT2D eigenvalue weighted by molar-refractivity contribution is 5.73. The Bertz CT molecular complexity index is 194. The third-order valence-corrected chi connectivity index (χ3v) is 1.56. The fourth-order valence-corrected chi connectivity index (χ4v) is 0.786. The lowest BCUT2D eigenvalue weighted by molar-refractivity contribution is -0.192. The first-order chi connectivity index (χ1) is 6.15. The number of halogens is 4. The zero-order valence-corrected chi connectivity index (χ0v) is 7.49. The highest BCUT2D eigenvalue weighted by atomic mass is 19.4. The molecule has 1 atom stereocenters. The molecule has 0 aliphatic carbocycles. The van der Waals surface area contributed by atoms with Gasteiger partial charge in [-0.1, -0.05) is 0 Å². The van der Waals surface area contributed by atoms with Gasteiger partial charge in [0.1, 0.15) is 5.67 Å². The molecule has 0 saturated carbocycles. The van der Waals surface area contributed by atoms with Crippen LogP contribution in [0.3, 0.4) is 0 Å². The molecule has 1 aliphatic heterocycles. The highest BCUT2D eigenvalue weighted by Gasteiger charge is 2.38. The van der Waals surface area contributed by atoms with E-state index in [0.29, 0.717) is 13.0 Å². The van der Waals surface area contributed by atoms with Gasteiger partial charge in [-0.2, -0.15) is 13.2 Å². The second-order valence-corrected chi connectivity index (χ2v) is 3.14. The molecule has 0 amide bonds. The van der Waals surface area contributed by atoms with Crippen molar-refractivity contribution in [3.63, 3.8) is 0 Å². The van der Waals surface area contributed by atoms with Crippen LogP contribution in [0.2, 0.25) is 0 Å². The van der Waals surface area contributed by atoms with Crippen molar-refractivity contribution in [2.45, 2.75) is 25.2 Å². The number of hydrogen-bond donors (Lipinski definition) is 2. The summed E-state index contributed by atoms with van der Waals surface area (Å²) in [6, 6.07) is 0. The van der Waals surface area contributed by atoms with Crippen LogP contribution in [0.15, 0.2) is 0 Å². The highest BCUT2D eigenvalue weighted by Crippen LogP contribution is 2.17. The van der Waals surface area contributed by atoms with Crippen molar-refractivity contribution in [1.82, 2.24) is 5.32 Å². The van der Waals surface area contributed by atoms with Crippen molar-refractivity contribution in [3.05, 3.63) is 0 Å². The van der Waals surface area contributed by atoms with Crippen LogP contribution >= 0.6 is 0 Å². The van der Waals surface area contributed by atoms with E-state index in [2.05, 4.69) is 5.32 Å². The number of rotatable bonds is 0. The Balaban J connectivity index is 0.000000241. The van der Waals surface area contributed by atoms with Crippen LogP contribution in [0.5, 0.6) is 0 Å². The molecule has 2 N–H and O–H groups in total. The Kier molecular flexibility index (Phi) is 4.31. The molecule has 14 heavy (non-hydrogen) atoms. The van der Waals surface area contributed by atoms with Crippen molar-refractivity contribution in [2.24, 2.45) is 0 Å². The van der Waals surface area contributed by atoms with Gasteiger partial charge in [0, 0.05) is 6.54 Å². The molecule has 1 rings (SSSR count). The molecule has 0 aromatic rings. The van der Waals surface area contributed by atoms with E-state index in [0.717, 1.165) is 6.54 Å². The molecule has 0 aromatic heterocycles. The van der Waals surface area contributed by atoms with E-state index in [1.165, 1.54) is 0 Å². The Morgan fingerprint density at radius 1 is 1.50 bits per heavy atom. The van der Waals surface area contributed by atoms with Crippen LogP contribution in [-0.4, -0.2) is 36.0 Å². The molecule has 0 spiro atoms. The maximum atomic E-state index is 12.5. The smallest absolute Gasteiger partial charge is 0.475 e. The largest absolute Gasteiger partial charge is 0.490 e. The van der Waals surface area contributed by atoms with E-state index < -0.39 is 17.8 Å². The molecule has 0 aromatic carbocycles. The summed E-state index contributed by atoms with van der Waals surface area (Å²) in [4.78, 5) is 8.90. The summed E-state index contributed by atoms with van der Waals surface area (Å²) in [5.74, 6) is -2.76. The van der Waals surface area contributed by atoms with Crippen LogP contribution in [0.25, 0.3) is 0 Å². The van der Waals surface area contributed by atoms with E-state index in [4.69, 9.17) is 9.90 Å². The molecule has 1 aliphatic rings. The summed E-state index contributed by atoms with van der Waals surface area (Å²) in [6.07, 6.45) is -4.41. The van der Waals surface area contributed by atoms with Gasteiger partial charge in [0.25, 0.3) is 0 Å². The minimum absolute atomic E-state index is 0.535. The van der Waals surface area contributed by atoms with Crippen LogP contribution < -0.4 is 5.32 Å². The molecule has 0 radical (unpaired) electrons. The predicted molar refractivity (Wildman–Crippen MR) is 40.7 cm³/mol. The Morgan fingerprint density at radius 2 is 1.93 bits per heavy atom. The Morgan fingerprint density at radius 3 is 2.00 bits per heavy atom. The fourth-order valence-electron chi connectivity index (χ4n) is 0.786. The maximum Gasteiger partial charge on any atom is 0.490 e. The van der Waals surface area contributed by atoms with Crippen LogP contribution in [0, 0.1) is 0 Å². The number of carboxylic acids is 1. The SMILES string of the molecule is CC1(F)CCNC1.O=C(O)C(F)(F)F. The van der Waals surface area contributed by atoms with Gasteiger partial charge in [0.15, 0.2) is 0 Å². The minimum Gasteiger partial charge on any atom is -0.475 e. The second kappa shape index (κ2) is 4.59. The zero-order valence-electron chi connectivity index (χ0n) is 7.49. The molecule has 1 saturated heterocycles. The van der Waals surface area contributed by atoms with Crippen LogP contribution in [0.1, 0.15) is 13.3 Å². The number of nitrogens with one attached hydrogen (secondary N) is 1. The first-order valence-electron chi connectivity index (χ1n) is 3.85. The lowest BCUT2D eigenvalue weighted by atomic mass is 10.1. The lowest BCUT2D eigenvalue weighted by Crippen LogP contribution is -2.21. The summed E-state index contributed by atoms with van der Waals surface area (Å²) in [7, 11) is 0. The first-order valence-corrected chi connectivity index (χ1v) is 3.85. The van der Waals surface area contributed by atoms with Crippen molar-refractivity contribution in [2.75, 3.05) is 13.1 Å². The van der Waals surface area contributed by atoms with E-state index in [9.17, 15) is 17.6 Å². The molecule has 0 bridgehead atoms. The van der Waals surface area contributed by atoms with Gasteiger partial charge in [-0.05, 0) is 19.9 Å². The number of alkyl halides is 4. The van der Waals surface area contributed by atoms with Gasteiger partial charge in [0.2, 0.25) is 0 Å². The van der Waals surface area contributed by atoms with Crippen LogP contribution in [-0.2, 0) is 4.79 Å². The average molecular weight is 217 g/mol. The first kappa shape index (κ1) is 13.2. The third-order valence-electron chi connectivity index (χ3n) is 1.56. The number of aliphatic carboxylic acids is 1. The standard InChI is InChI=1S/C5H10FN.C2HF3O2/c1-5(6)2-3-7-4-5;3-2(4,5)1(6)7/h7H,2-4H2,1H3;(H,6,7). The zero-order chi connectivity index (χ0) is 11.4. The van der Waals surface area contributed by atoms with Gasteiger partial charge in [-0.3, -0.25) is 0 Å². The molecule has 3 nitrogen and oxygen atoms in total.